The van der Waals surface area contributed by atoms with Crippen molar-refractivity contribution in [3.05, 3.63) is 29.7 Å². The molecule has 0 aliphatic rings. The maximum absolute atomic E-state index is 5.66. The van der Waals surface area contributed by atoms with Gasteiger partial charge in [0.1, 0.15) is 11.5 Å². The predicted molar refractivity (Wildman–Crippen MR) is 72.6 cm³/mol. The van der Waals surface area contributed by atoms with Crippen LogP contribution in [-0.4, -0.2) is 19.4 Å². The zero-order valence-electron chi connectivity index (χ0n) is 10.2. The van der Waals surface area contributed by atoms with Crippen molar-refractivity contribution in [2.75, 3.05) is 5.73 Å². The highest BCUT2D eigenvalue weighted by atomic mass is 32.1. The van der Waals surface area contributed by atoms with E-state index in [0.717, 1.165) is 16.3 Å². The normalized spacial score (nSPS) is 11.5. The van der Waals surface area contributed by atoms with Gasteiger partial charge in [0.25, 0.3) is 0 Å². The maximum Gasteiger partial charge on any atom is 0.194 e. The number of imidazole rings is 1. The van der Waals surface area contributed by atoms with E-state index in [1.807, 2.05) is 4.40 Å². The fourth-order valence-electron chi connectivity index (χ4n) is 1.76. The van der Waals surface area contributed by atoms with E-state index < -0.39 is 0 Å². The highest BCUT2D eigenvalue weighted by Crippen LogP contribution is 2.28. The summed E-state index contributed by atoms with van der Waals surface area (Å²) in [6.07, 6.45) is 7.15. The summed E-state index contributed by atoms with van der Waals surface area (Å²) >= 11 is 1.70. The SMILES string of the molecule is CC(C)c1cn2c(-c3cncc(N)n3)cnc2s1. The van der Waals surface area contributed by atoms with Crippen molar-refractivity contribution in [2.24, 2.45) is 0 Å². The number of nitrogen functional groups attached to an aromatic ring is 1. The minimum Gasteiger partial charge on any atom is -0.382 e. The summed E-state index contributed by atoms with van der Waals surface area (Å²) in [4.78, 5) is 15.0. The van der Waals surface area contributed by atoms with Crippen LogP contribution in [0.15, 0.2) is 24.8 Å². The van der Waals surface area contributed by atoms with Crippen molar-refractivity contribution in [1.82, 2.24) is 19.4 Å². The summed E-state index contributed by atoms with van der Waals surface area (Å²) in [6.45, 7) is 4.34. The van der Waals surface area contributed by atoms with Crippen LogP contribution in [0.3, 0.4) is 0 Å². The van der Waals surface area contributed by atoms with Crippen LogP contribution in [0, 0.1) is 0 Å². The molecule has 0 radical (unpaired) electrons. The molecule has 6 heteroatoms. The number of thiazole rings is 1. The predicted octanol–water partition coefficient (Wildman–Crippen LogP) is 2.56. The van der Waals surface area contributed by atoms with Crippen LogP contribution in [0.4, 0.5) is 5.82 Å². The molecule has 0 saturated heterocycles. The molecule has 0 spiro atoms. The van der Waals surface area contributed by atoms with Gasteiger partial charge in [0.15, 0.2) is 4.96 Å². The molecule has 0 unspecified atom stereocenters. The van der Waals surface area contributed by atoms with Gasteiger partial charge in [-0.15, -0.1) is 11.3 Å². The van der Waals surface area contributed by atoms with Crippen LogP contribution in [0.25, 0.3) is 16.3 Å². The summed E-state index contributed by atoms with van der Waals surface area (Å²) in [5, 5.41) is 0. The van der Waals surface area contributed by atoms with Gasteiger partial charge in [-0.3, -0.25) is 9.38 Å². The standard InChI is InChI=1S/C12H13N5S/c1-7(2)10-6-17-9(4-15-12(17)18-10)8-3-14-5-11(13)16-8/h3-7H,1-2H3,(H2,13,16). The first-order valence-electron chi connectivity index (χ1n) is 5.70. The summed E-state index contributed by atoms with van der Waals surface area (Å²) in [6, 6.07) is 0. The van der Waals surface area contributed by atoms with Crippen LogP contribution in [-0.2, 0) is 0 Å². The van der Waals surface area contributed by atoms with Gasteiger partial charge in [-0.1, -0.05) is 13.8 Å². The smallest absolute Gasteiger partial charge is 0.194 e. The number of aromatic nitrogens is 4. The van der Waals surface area contributed by atoms with Crippen LogP contribution in [0.2, 0.25) is 0 Å². The molecule has 3 rings (SSSR count). The highest BCUT2D eigenvalue weighted by molar-refractivity contribution is 7.17. The summed E-state index contributed by atoms with van der Waals surface area (Å²) in [5.74, 6) is 0.915. The van der Waals surface area contributed by atoms with E-state index in [1.165, 1.54) is 11.1 Å². The van der Waals surface area contributed by atoms with Crippen LogP contribution >= 0.6 is 11.3 Å². The van der Waals surface area contributed by atoms with E-state index in [1.54, 1.807) is 23.7 Å². The molecule has 0 bridgehead atoms. The highest BCUT2D eigenvalue weighted by Gasteiger charge is 2.12. The van der Waals surface area contributed by atoms with E-state index in [-0.39, 0.29) is 0 Å². The van der Waals surface area contributed by atoms with Crippen molar-refractivity contribution in [1.29, 1.82) is 0 Å². The molecule has 3 heterocycles. The minimum atomic E-state index is 0.418. The molecule has 0 atom stereocenters. The second-order valence-corrected chi connectivity index (χ2v) is 5.45. The van der Waals surface area contributed by atoms with Crippen molar-refractivity contribution in [3.63, 3.8) is 0 Å². The van der Waals surface area contributed by atoms with Gasteiger partial charge < -0.3 is 5.73 Å². The van der Waals surface area contributed by atoms with Gasteiger partial charge in [0.05, 0.1) is 24.3 Å². The Bertz CT molecular complexity index is 697. The molecule has 0 fully saturated rings. The van der Waals surface area contributed by atoms with Crippen molar-refractivity contribution in [3.8, 4) is 11.4 Å². The van der Waals surface area contributed by atoms with Gasteiger partial charge >= 0.3 is 0 Å². The average Bonchev–Trinajstić information content (AvgIpc) is 2.87. The van der Waals surface area contributed by atoms with Crippen molar-refractivity contribution < 1.29 is 0 Å². The molecule has 5 nitrogen and oxygen atoms in total. The molecule has 0 aliphatic heterocycles. The second kappa shape index (κ2) is 4.06. The minimum absolute atomic E-state index is 0.418. The lowest BCUT2D eigenvalue weighted by atomic mass is 10.2. The van der Waals surface area contributed by atoms with Gasteiger partial charge in [-0.25, -0.2) is 9.97 Å². The van der Waals surface area contributed by atoms with Gasteiger partial charge in [0, 0.05) is 11.1 Å². The Morgan fingerprint density at radius 3 is 2.83 bits per heavy atom. The van der Waals surface area contributed by atoms with Crippen molar-refractivity contribution >= 4 is 22.1 Å². The molecule has 0 aromatic carbocycles. The third kappa shape index (κ3) is 1.74. The number of nitrogens with two attached hydrogens (primary N) is 1. The molecule has 18 heavy (non-hydrogen) atoms. The topological polar surface area (TPSA) is 69.1 Å². The van der Waals surface area contributed by atoms with Gasteiger partial charge in [-0.05, 0) is 5.92 Å². The van der Waals surface area contributed by atoms with Crippen LogP contribution < -0.4 is 5.73 Å². The van der Waals surface area contributed by atoms with Crippen LogP contribution in [0.1, 0.15) is 24.6 Å². The third-order valence-corrected chi connectivity index (χ3v) is 4.01. The summed E-state index contributed by atoms with van der Waals surface area (Å²) < 4.78 is 2.05. The quantitative estimate of drug-likeness (QED) is 0.768. The van der Waals surface area contributed by atoms with E-state index >= 15 is 0 Å². The molecule has 2 N–H and O–H groups in total. The molecular weight excluding hydrogens is 246 g/mol. The summed E-state index contributed by atoms with van der Waals surface area (Å²) in [7, 11) is 0. The second-order valence-electron chi connectivity index (χ2n) is 4.41. The molecule has 92 valence electrons. The van der Waals surface area contributed by atoms with E-state index in [4.69, 9.17) is 5.73 Å². The number of nitrogens with zero attached hydrogens (tertiary/aromatic N) is 4. The number of rotatable bonds is 2. The maximum atomic E-state index is 5.66. The Kier molecular flexibility index (Phi) is 2.52. The van der Waals surface area contributed by atoms with Crippen LogP contribution in [0.5, 0.6) is 0 Å². The number of hydrogen-bond acceptors (Lipinski definition) is 5. The summed E-state index contributed by atoms with van der Waals surface area (Å²) in [5.41, 5.74) is 7.33. The molecular formula is C12H13N5S. The zero-order chi connectivity index (χ0) is 12.7. The first-order chi connectivity index (χ1) is 8.65. The first-order valence-corrected chi connectivity index (χ1v) is 6.51. The Hall–Kier alpha value is -1.95. The number of anilines is 1. The Balaban J connectivity index is 2.17. The van der Waals surface area contributed by atoms with Gasteiger partial charge in [-0.2, -0.15) is 0 Å². The Morgan fingerprint density at radius 2 is 2.11 bits per heavy atom. The molecule has 0 aliphatic carbocycles. The molecule has 3 aromatic heterocycles. The lowest BCUT2D eigenvalue weighted by Crippen LogP contribution is -1.95. The van der Waals surface area contributed by atoms with E-state index in [2.05, 4.69) is 35.0 Å². The van der Waals surface area contributed by atoms with Crippen molar-refractivity contribution in [2.45, 2.75) is 19.8 Å². The van der Waals surface area contributed by atoms with Gasteiger partial charge in [0.2, 0.25) is 0 Å². The largest absolute Gasteiger partial charge is 0.382 e. The van der Waals surface area contributed by atoms with E-state index in [9.17, 15) is 0 Å². The molecule has 0 saturated carbocycles. The Labute approximate surface area is 108 Å². The average molecular weight is 259 g/mol. The first kappa shape index (κ1) is 11.2. The fourth-order valence-corrected chi connectivity index (χ4v) is 2.72. The number of fused-ring (bicyclic) bond motifs is 1. The molecule has 3 aromatic rings. The molecule has 0 amide bonds. The lowest BCUT2D eigenvalue weighted by Gasteiger charge is -2.00. The lowest BCUT2D eigenvalue weighted by molar-refractivity contribution is 0.882. The third-order valence-electron chi connectivity index (χ3n) is 2.71. The van der Waals surface area contributed by atoms with E-state index in [0.29, 0.717) is 11.7 Å². The number of hydrogen-bond donors (Lipinski definition) is 1. The fraction of sp³-hybridized carbons (Fsp3) is 0.250. The Morgan fingerprint density at radius 1 is 1.28 bits per heavy atom. The monoisotopic (exact) mass is 259 g/mol. The zero-order valence-corrected chi connectivity index (χ0v) is 11.0.